The predicted octanol–water partition coefficient (Wildman–Crippen LogP) is 2.41. The number of thiazole rings is 1. The molecule has 1 aromatic heterocycles. The van der Waals surface area contributed by atoms with Crippen molar-refractivity contribution in [1.82, 2.24) is 15.6 Å². The first-order chi connectivity index (χ1) is 11.2. The molecule has 0 saturated carbocycles. The molecule has 1 aromatic carbocycles. The molecule has 5 nitrogen and oxygen atoms in total. The lowest BCUT2D eigenvalue weighted by atomic mass is 10.1. The maximum absolute atomic E-state index is 5.37. The first-order valence-corrected chi connectivity index (χ1v) is 8.58. The van der Waals surface area contributed by atoms with E-state index in [1.54, 1.807) is 25.5 Å². The number of ether oxygens (including phenoxy) is 1. The first-order valence-electron chi connectivity index (χ1n) is 7.70. The van der Waals surface area contributed by atoms with Gasteiger partial charge in [0.25, 0.3) is 0 Å². The molecule has 0 saturated heterocycles. The van der Waals surface area contributed by atoms with E-state index in [0.29, 0.717) is 0 Å². The second-order valence-corrected chi connectivity index (χ2v) is 6.16. The largest absolute Gasteiger partial charge is 0.496 e. The molecular formula is C17H24N4OS. The Hall–Kier alpha value is -2.08. The number of aromatic nitrogens is 1. The molecule has 0 spiro atoms. The number of aryl methyl sites for hydroxylation is 1. The van der Waals surface area contributed by atoms with E-state index in [1.807, 2.05) is 25.1 Å². The van der Waals surface area contributed by atoms with Crippen LogP contribution in [0.2, 0.25) is 0 Å². The Kier molecular flexibility index (Phi) is 6.87. The van der Waals surface area contributed by atoms with Gasteiger partial charge in [-0.2, -0.15) is 0 Å². The Bertz CT molecular complexity index is 639. The summed E-state index contributed by atoms with van der Waals surface area (Å²) in [7, 11) is 3.48. The Morgan fingerprint density at radius 3 is 2.61 bits per heavy atom. The standard InChI is InChI=1S/C17H24N4OS/c1-13-21-15(12-23-13)9-11-20-17(18-2)19-10-8-14-6-4-5-7-16(14)22-3/h4-7,12H,8-11H2,1-3H3,(H2,18,19,20). The van der Waals surface area contributed by atoms with Crippen LogP contribution in [-0.4, -0.2) is 38.2 Å². The minimum absolute atomic E-state index is 0.801. The van der Waals surface area contributed by atoms with Crippen molar-refractivity contribution >= 4 is 17.3 Å². The number of aliphatic imine (C=N–C) groups is 1. The summed E-state index contributed by atoms with van der Waals surface area (Å²) >= 11 is 1.69. The van der Waals surface area contributed by atoms with Gasteiger partial charge in [0.1, 0.15) is 5.75 Å². The van der Waals surface area contributed by atoms with Crippen molar-refractivity contribution in [2.24, 2.45) is 4.99 Å². The van der Waals surface area contributed by atoms with Crippen LogP contribution in [0.4, 0.5) is 0 Å². The fraction of sp³-hybridized carbons (Fsp3) is 0.412. The molecule has 0 aliphatic carbocycles. The summed E-state index contributed by atoms with van der Waals surface area (Å²) < 4.78 is 5.37. The average Bonchev–Trinajstić information content (AvgIpc) is 2.99. The molecule has 0 bridgehead atoms. The van der Waals surface area contributed by atoms with Crippen LogP contribution in [0.3, 0.4) is 0 Å². The van der Waals surface area contributed by atoms with Gasteiger partial charge in [0.15, 0.2) is 5.96 Å². The van der Waals surface area contributed by atoms with Crippen LogP contribution < -0.4 is 15.4 Å². The summed E-state index contributed by atoms with van der Waals surface area (Å²) in [5, 5.41) is 9.86. The molecule has 0 radical (unpaired) electrons. The van der Waals surface area contributed by atoms with Crippen molar-refractivity contribution in [2.75, 3.05) is 27.2 Å². The quantitative estimate of drug-likeness (QED) is 0.604. The van der Waals surface area contributed by atoms with Gasteiger partial charge in [-0.15, -0.1) is 11.3 Å². The smallest absolute Gasteiger partial charge is 0.190 e. The van der Waals surface area contributed by atoms with Crippen molar-refractivity contribution in [3.05, 3.63) is 45.9 Å². The third-order valence-corrected chi connectivity index (χ3v) is 4.27. The number of methoxy groups -OCH3 is 1. The number of hydrogen-bond donors (Lipinski definition) is 2. The molecule has 124 valence electrons. The van der Waals surface area contributed by atoms with Gasteiger partial charge in [0.2, 0.25) is 0 Å². The van der Waals surface area contributed by atoms with E-state index in [0.717, 1.165) is 48.3 Å². The molecule has 0 fully saturated rings. The van der Waals surface area contributed by atoms with Crippen LogP contribution in [0.15, 0.2) is 34.6 Å². The van der Waals surface area contributed by atoms with Crippen molar-refractivity contribution in [3.8, 4) is 5.75 Å². The number of benzene rings is 1. The molecule has 6 heteroatoms. The van der Waals surface area contributed by atoms with E-state index in [9.17, 15) is 0 Å². The van der Waals surface area contributed by atoms with Gasteiger partial charge in [-0.05, 0) is 25.0 Å². The van der Waals surface area contributed by atoms with E-state index in [2.05, 4.69) is 32.1 Å². The monoisotopic (exact) mass is 332 g/mol. The highest BCUT2D eigenvalue weighted by Gasteiger charge is 2.03. The fourth-order valence-corrected chi connectivity index (χ4v) is 2.92. The second kappa shape index (κ2) is 9.15. The Labute approximate surface area is 141 Å². The zero-order chi connectivity index (χ0) is 16.5. The van der Waals surface area contributed by atoms with Gasteiger partial charge >= 0.3 is 0 Å². The van der Waals surface area contributed by atoms with Crippen molar-refractivity contribution in [2.45, 2.75) is 19.8 Å². The minimum Gasteiger partial charge on any atom is -0.496 e. The molecule has 0 atom stereocenters. The van der Waals surface area contributed by atoms with E-state index in [1.165, 1.54) is 5.56 Å². The molecule has 2 aromatic rings. The normalized spacial score (nSPS) is 11.3. The molecule has 0 amide bonds. The zero-order valence-electron chi connectivity index (χ0n) is 13.9. The summed E-state index contributed by atoms with van der Waals surface area (Å²) in [6.45, 7) is 3.65. The van der Waals surface area contributed by atoms with Gasteiger partial charge in [0.05, 0.1) is 17.8 Å². The van der Waals surface area contributed by atoms with Crippen molar-refractivity contribution in [3.63, 3.8) is 0 Å². The lowest BCUT2D eigenvalue weighted by molar-refractivity contribution is 0.409. The summed E-state index contributed by atoms with van der Waals surface area (Å²) in [4.78, 5) is 8.70. The Morgan fingerprint density at radius 1 is 1.22 bits per heavy atom. The molecule has 0 aliphatic rings. The summed E-state index contributed by atoms with van der Waals surface area (Å²) in [6.07, 6.45) is 1.79. The molecule has 2 rings (SSSR count). The van der Waals surface area contributed by atoms with Crippen LogP contribution in [-0.2, 0) is 12.8 Å². The highest BCUT2D eigenvalue weighted by atomic mass is 32.1. The number of guanidine groups is 1. The average molecular weight is 332 g/mol. The van der Waals surface area contributed by atoms with Gasteiger partial charge < -0.3 is 15.4 Å². The maximum atomic E-state index is 5.37. The summed E-state index contributed by atoms with van der Waals surface area (Å²) in [5.74, 6) is 1.74. The lowest BCUT2D eigenvalue weighted by Gasteiger charge is -2.12. The van der Waals surface area contributed by atoms with Gasteiger partial charge in [0, 0.05) is 31.9 Å². The molecule has 1 heterocycles. The maximum Gasteiger partial charge on any atom is 0.190 e. The van der Waals surface area contributed by atoms with E-state index < -0.39 is 0 Å². The Morgan fingerprint density at radius 2 is 1.96 bits per heavy atom. The van der Waals surface area contributed by atoms with Crippen LogP contribution in [0, 0.1) is 6.92 Å². The predicted molar refractivity (Wildman–Crippen MR) is 96.6 cm³/mol. The number of hydrogen-bond acceptors (Lipinski definition) is 4. The number of nitrogens with one attached hydrogen (secondary N) is 2. The van der Waals surface area contributed by atoms with Gasteiger partial charge in [-0.3, -0.25) is 4.99 Å². The lowest BCUT2D eigenvalue weighted by Crippen LogP contribution is -2.39. The van der Waals surface area contributed by atoms with Gasteiger partial charge in [-0.1, -0.05) is 18.2 Å². The third kappa shape index (κ3) is 5.56. The van der Waals surface area contributed by atoms with Crippen LogP contribution in [0.5, 0.6) is 5.75 Å². The Balaban J connectivity index is 1.72. The SMILES string of the molecule is CN=C(NCCc1csc(C)n1)NCCc1ccccc1OC. The minimum atomic E-state index is 0.801. The molecule has 0 aliphatic heterocycles. The van der Waals surface area contributed by atoms with Gasteiger partial charge in [-0.25, -0.2) is 4.98 Å². The highest BCUT2D eigenvalue weighted by Crippen LogP contribution is 2.17. The molecule has 0 unspecified atom stereocenters. The molecule has 23 heavy (non-hydrogen) atoms. The van der Waals surface area contributed by atoms with E-state index in [-0.39, 0.29) is 0 Å². The van der Waals surface area contributed by atoms with E-state index >= 15 is 0 Å². The molecular weight excluding hydrogens is 308 g/mol. The second-order valence-electron chi connectivity index (χ2n) is 5.10. The van der Waals surface area contributed by atoms with Crippen LogP contribution in [0.1, 0.15) is 16.3 Å². The van der Waals surface area contributed by atoms with Crippen molar-refractivity contribution in [1.29, 1.82) is 0 Å². The number of rotatable bonds is 7. The first kappa shape index (κ1) is 17.3. The summed E-state index contributed by atoms with van der Waals surface area (Å²) in [5.41, 5.74) is 2.32. The van der Waals surface area contributed by atoms with Crippen LogP contribution in [0.25, 0.3) is 0 Å². The number of para-hydroxylation sites is 1. The van der Waals surface area contributed by atoms with E-state index in [4.69, 9.17) is 4.74 Å². The van der Waals surface area contributed by atoms with Crippen LogP contribution >= 0.6 is 11.3 Å². The highest BCUT2D eigenvalue weighted by molar-refractivity contribution is 7.09. The third-order valence-electron chi connectivity index (χ3n) is 3.44. The fourth-order valence-electron chi connectivity index (χ4n) is 2.28. The number of nitrogens with zero attached hydrogens (tertiary/aromatic N) is 2. The summed E-state index contributed by atoms with van der Waals surface area (Å²) in [6, 6.07) is 8.08. The topological polar surface area (TPSA) is 58.5 Å². The van der Waals surface area contributed by atoms with Crippen molar-refractivity contribution < 1.29 is 4.74 Å². The zero-order valence-corrected chi connectivity index (χ0v) is 14.7. The molecule has 2 N–H and O–H groups in total.